The highest BCUT2D eigenvalue weighted by Crippen LogP contribution is 2.13. The maximum atomic E-state index is 11.3. The quantitative estimate of drug-likeness (QED) is 0.821. The molecule has 1 rings (SSSR count). The molecule has 0 radical (unpaired) electrons. The molecule has 0 saturated heterocycles. The first kappa shape index (κ1) is 10.1. The van der Waals surface area contributed by atoms with Gasteiger partial charge >= 0.3 is 0 Å². The van der Waals surface area contributed by atoms with Crippen molar-refractivity contribution in [2.24, 2.45) is 0 Å². The van der Waals surface area contributed by atoms with Gasteiger partial charge in [-0.05, 0) is 28.9 Å². The lowest BCUT2D eigenvalue weighted by Crippen LogP contribution is -2.23. The number of amides is 1. The number of pyridine rings is 1. The Morgan fingerprint density at radius 2 is 2.54 bits per heavy atom. The van der Waals surface area contributed by atoms with Crippen LogP contribution in [0.25, 0.3) is 0 Å². The van der Waals surface area contributed by atoms with Crippen LogP contribution in [0.15, 0.2) is 22.9 Å². The maximum Gasteiger partial charge on any atom is 0.276 e. The van der Waals surface area contributed by atoms with Gasteiger partial charge in [0.25, 0.3) is 5.91 Å². The van der Waals surface area contributed by atoms with E-state index < -0.39 is 0 Å². The summed E-state index contributed by atoms with van der Waals surface area (Å²) in [5.41, 5.74) is 2.80. The van der Waals surface area contributed by atoms with Gasteiger partial charge in [-0.25, -0.2) is 5.48 Å². The summed E-state index contributed by atoms with van der Waals surface area (Å²) in [6.07, 6.45) is 3.10. The van der Waals surface area contributed by atoms with Crippen molar-refractivity contribution in [1.29, 1.82) is 0 Å². The molecule has 0 fully saturated rings. The summed E-state index contributed by atoms with van der Waals surface area (Å²) in [5, 5.41) is 0. The van der Waals surface area contributed by atoms with E-state index in [9.17, 15) is 4.79 Å². The highest BCUT2D eigenvalue weighted by molar-refractivity contribution is 9.10. The van der Waals surface area contributed by atoms with Gasteiger partial charge in [-0.3, -0.25) is 14.6 Å². The first-order valence-electron chi connectivity index (χ1n) is 3.77. The van der Waals surface area contributed by atoms with Gasteiger partial charge in [-0.2, -0.15) is 0 Å². The number of nitrogens with one attached hydrogen (secondary N) is 1. The van der Waals surface area contributed by atoms with Crippen LogP contribution in [0.2, 0.25) is 0 Å². The molecule has 5 heteroatoms. The van der Waals surface area contributed by atoms with Crippen molar-refractivity contribution in [2.75, 3.05) is 6.61 Å². The van der Waals surface area contributed by atoms with Crippen LogP contribution in [0.1, 0.15) is 17.3 Å². The van der Waals surface area contributed by atoms with Gasteiger partial charge in [0.15, 0.2) is 0 Å². The highest BCUT2D eigenvalue weighted by Gasteiger charge is 2.08. The zero-order chi connectivity index (χ0) is 9.68. The van der Waals surface area contributed by atoms with Crippen LogP contribution in [0.4, 0.5) is 0 Å². The minimum atomic E-state index is -0.281. The largest absolute Gasteiger partial charge is 0.276 e. The standard InChI is InChI=1S/C8H9BrN2O2/c1-2-13-11-8(12)6-3-4-10-5-7(6)9/h3-5H,2H2,1H3,(H,11,12). The van der Waals surface area contributed by atoms with Gasteiger partial charge in [0, 0.05) is 16.9 Å². The van der Waals surface area contributed by atoms with Crippen molar-refractivity contribution >= 4 is 21.8 Å². The van der Waals surface area contributed by atoms with E-state index in [1.807, 2.05) is 0 Å². The fourth-order valence-corrected chi connectivity index (χ4v) is 1.18. The Balaban J connectivity index is 2.71. The predicted octanol–water partition coefficient (Wildman–Crippen LogP) is 1.53. The molecule has 0 spiro atoms. The fraction of sp³-hybridized carbons (Fsp3) is 0.250. The summed E-state index contributed by atoms with van der Waals surface area (Å²) < 4.78 is 0.646. The topological polar surface area (TPSA) is 51.2 Å². The summed E-state index contributed by atoms with van der Waals surface area (Å²) in [5.74, 6) is -0.281. The third kappa shape index (κ3) is 2.78. The molecule has 0 aliphatic heterocycles. The van der Waals surface area contributed by atoms with Crippen molar-refractivity contribution in [3.05, 3.63) is 28.5 Å². The van der Waals surface area contributed by atoms with Gasteiger partial charge < -0.3 is 0 Å². The highest BCUT2D eigenvalue weighted by atomic mass is 79.9. The molecule has 1 amide bonds. The smallest absolute Gasteiger partial charge is 0.274 e. The van der Waals surface area contributed by atoms with Gasteiger partial charge in [-0.1, -0.05) is 0 Å². The summed E-state index contributed by atoms with van der Waals surface area (Å²) in [4.78, 5) is 19.9. The number of carbonyl (C=O) groups is 1. The summed E-state index contributed by atoms with van der Waals surface area (Å²) in [7, 11) is 0. The van der Waals surface area contributed by atoms with Crippen molar-refractivity contribution in [2.45, 2.75) is 6.92 Å². The molecule has 1 aromatic rings. The van der Waals surface area contributed by atoms with Crippen molar-refractivity contribution in [3.63, 3.8) is 0 Å². The van der Waals surface area contributed by atoms with E-state index in [0.717, 1.165) is 0 Å². The number of hydrogen-bond acceptors (Lipinski definition) is 3. The molecule has 0 atom stereocenters. The second kappa shape index (κ2) is 4.94. The number of hydroxylamine groups is 1. The van der Waals surface area contributed by atoms with E-state index in [-0.39, 0.29) is 5.91 Å². The molecule has 0 unspecified atom stereocenters. The molecule has 0 aromatic carbocycles. The third-order valence-electron chi connectivity index (χ3n) is 1.33. The maximum absolute atomic E-state index is 11.3. The first-order chi connectivity index (χ1) is 6.25. The normalized spacial score (nSPS) is 9.69. The molecule has 70 valence electrons. The van der Waals surface area contributed by atoms with Crippen molar-refractivity contribution in [1.82, 2.24) is 10.5 Å². The number of aromatic nitrogens is 1. The van der Waals surface area contributed by atoms with Crippen LogP contribution in [0.5, 0.6) is 0 Å². The lowest BCUT2D eigenvalue weighted by Gasteiger charge is -2.04. The minimum Gasteiger partial charge on any atom is -0.274 e. The molecule has 1 N–H and O–H groups in total. The Morgan fingerprint density at radius 1 is 1.77 bits per heavy atom. The van der Waals surface area contributed by atoms with Gasteiger partial charge in [0.1, 0.15) is 0 Å². The number of nitrogens with zero attached hydrogens (tertiary/aromatic N) is 1. The van der Waals surface area contributed by atoms with E-state index in [0.29, 0.717) is 16.6 Å². The molecule has 0 aliphatic carbocycles. The van der Waals surface area contributed by atoms with Gasteiger partial charge in [0.2, 0.25) is 0 Å². The van der Waals surface area contributed by atoms with E-state index in [1.54, 1.807) is 25.4 Å². The number of hydrogen-bond donors (Lipinski definition) is 1. The van der Waals surface area contributed by atoms with E-state index in [1.165, 1.54) is 0 Å². The fourth-order valence-electron chi connectivity index (χ4n) is 0.752. The Hall–Kier alpha value is -0.940. The predicted molar refractivity (Wildman–Crippen MR) is 51.0 cm³/mol. The molecule has 1 aromatic heterocycles. The monoisotopic (exact) mass is 244 g/mol. The molecule has 1 heterocycles. The molecule has 0 aliphatic rings. The lowest BCUT2D eigenvalue weighted by molar-refractivity contribution is 0.0363. The molecule has 0 bridgehead atoms. The molecular weight excluding hydrogens is 236 g/mol. The van der Waals surface area contributed by atoms with E-state index in [2.05, 4.69) is 26.4 Å². The molecular formula is C8H9BrN2O2. The Labute approximate surface area is 84.4 Å². The van der Waals surface area contributed by atoms with Crippen LogP contribution in [0, 0.1) is 0 Å². The van der Waals surface area contributed by atoms with Crippen LogP contribution in [-0.4, -0.2) is 17.5 Å². The third-order valence-corrected chi connectivity index (χ3v) is 1.96. The van der Waals surface area contributed by atoms with Crippen molar-refractivity contribution in [3.8, 4) is 0 Å². The molecule has 0 saturated carbocycles. The number of carbonyl (C=O) groups excluding carboxylic acids is 1. The number of rotatable bonds is 3. The van der Waals surface area contributed by atoms with Crippen LogP contribution >= 0.6 is 15.9 Å². The van der Waals surface area contributed by atoms with E-state index in [4.69, 9.17) is 4.84 Å². The zero-order valence-corrected chi connectivity index (χ0v) is 8.67. The second-order valence-corrected chi connectivity index (χ2v) is 3.07. The van der Waals surface area contributed by atoms with Crippen LogP contribution in [0.3, 0.4) is 0 Å². The number of halogens is 1. The van der Waals surface area contributed by atoms with Crippen LogP contribution in [-0.2, 0) is 4.84 Å². The molecule has 4 nitrogen and oxygen atoms in total. The second-order valence-electron chi connectivity index (χ2n) is 2.22. The van der Waals surface area contributed by atoms with E-state index >= 15 is 0 Å². The summed E-state index contributed by atoms with van der Waals surface area (Å²) in [6, 6.07) is 1.61. The Morgan fingerprint density at radius 3 is 3.15 bits per heavy atom. The lowest BCUT2D eigenvalue weighted by atomic mass is 10.3. The SMILES string of the molecule is CCONC(=O)c1ccncc1Br. The summed E-state index contributed by atoms with van der Waals surface area (Å²) in [6.45, 7) is 2.23. The Bertz CT molecular complexity index is 304. The van der Waals surface area contributed by atoms with Gasteiger partial charge in [-0.15, -0.1) is 0 Å². The average Bonchev–Trinajstić information content (AvgIpc) is 2.15. The Kier molecular flexibility index (Phi) is 3.85. The molecule has 13 heavy (non-hydrogen) atoms. The minimum absolute atomic E-state index is 0.281. The summed E-state index contributed by atoms with van der Waals surface area (Å²) >= 11 is 3.21. The van der Waals surface area contributed by atoms with Crippen LogP contribution < -0.4 is 5.48 Å². The average molecular weight is 245 g/mol. The van der Waals surface area contributed by atoms with Crippen molar-refractivity contribution < 1.29 is 9.63 Å². The zero-order valence-electron chi connectivity index (χ0n) is 7.08. The first-order valence-corrected chi connectivity index (χ1v) is 4.56. The van der Waals surface area contributed by atoms with Gasteiger partial charge in [0.05, 0.1) is 12.2 Å².